The van der Waals surface area contributed by atoms with E-state index in [0.717, 1.165) is 31.7 Å². The van der Waals surface area contributed by atoms with Crippen LogP contribution in [0.25, 0.3) is 0 Å². The lowest BCUT2D eigenvalue weighted by molar-refractivity contribution is 0.0737. The molecule has 7 heteroatoms. The van der Waals surface area contributed by atoms with Crippen molar-refractivity contribution in [2.75, 3.05) is 47.5 Å². The van der Waals surface area contributed by atoms with E-state index in [1.807, 2.05) is 0 Å². The number of halogens is 2. The van der Waals surface area contributed by atoms with Crippen LogP contribution in [0.15, 0.2) is 12.1 Å². The fourth-order valence-electron chi connectivity index (χ4n) is 2.95. The van der Waals surface area contributed by atoms with Gasteiger partial charge in [0.1, 0.15) is 0 Å². The van der Waals surface area contributed by atoms with Gasteiger partial charge in [-0.1, -0.05) is 0 Å². The molecule has 0 amide bonds. The van der Waals surface area contributed by atoms with Gasteiger partial charge in [-0.3, -0.25) is 4.90 Å². The number of piperazine rings is 1. The molecule has 5 nitrogen and oxygen atoms in total. The molecule has 23 heavy (non-hydrogen) atoms. The third-order valence-electron chi connectivity index (χ3n) is 4.07. The van der Waals surface area contributed by atoms with E-state index in [-0.39, 0.29) is 12.5 Å². The van der Waals surface area contributed by atoms with Crippen molar-refractivity contribution in [2.45, 2.75) is 18.9 Å². The first-order valence-corrected chi connectivity index (χ1v) is 7.63. The third-order valence-corrected chi connectivity index (χ3v) is 4.07. The molecule has 1 aliphatic heterocycles. The Morgan fingerprint density at radius 3 is 2.04 bits per heavy atom. The number of methoxy groups -OCH3 is 3. The van der Waals surface area contributed by atoms with E-state index in [4.69, 9.17) is 14.2 Å². The second-order valence-corrected chi connectivity index (χ2v) is 5.39. The molecule has 1 saturated heterocycles. The molecule has 1 aromatic carbocycles. The molecule has 1 heterocycles. The number of hydrogen-bond acceptors (Lipinski definition) is 5. The summed E-state index contributed by atoms with van der Waals surface area (Å²) >= 11 is 0. The Labute approximate surface area is 135 Å². The molecule has 0 radical (unpaired) electrons. The van der Waals surface area contributed by atoms with Crippen molar-refractivity contribution >= 4 is 0 Å². The van der Waals surface area contributed by atoms with Gasteiger partial charge in [0.2, 0.25) is 12.2 Å². The zero-order chi connectivity index (χ0) is 16.8. The lowest BCUT2D eigenvalue weighted by Crippen LogP contribution is -2.45. The van der Waals surface area contributed by atoms with Crippen LogP contribution in [0.4, 0.5) is 8.78 Å². The Morgan fingerprint density at radius 1 is 1.04 bits per heavy atom. The molecular weight excluding hydrogens is 306 g/mol. The van der Waals surface area contributed by atoms with Gasteiger partial charge in [-0.25, -0.2) is 8.78 Å². The Kier molecular flexibility index (Phi) is 6.41. The Balaban J connectivity index is 2.40. The standard InChI is InChI=1S/C16H24F2N2O3/c1-21-13-8-11(9-14(22-2)16(13)23-3)12(10-15(17)18)20-6-4-19-5-7-20/h8-9,12,15,19H,4-7,10H2,1-3H3/t12-/m0/s1. The molecule has 1 atom stereocenters. The maximum absolute atomic E-state index is 13.1. The smallest absolute Gasteiger partial charge is 0.240 e. The summed E-state index contributed by atoms with van der Waals surface area (Å²) in [6.07, 6.45) is -2.60. The minimum absolute atomic E-state index is 0.224. The predicted octanol–water partition coefficient (Wildman–Crippen LogP) is 2.31. The number of nitrogens with zero attached hydrogens (tertiary/aromatic N) is 1. The molecular formula is C16H24F2N2O3. The summed E-state index contributed by atoms with van der Waals surface area (Å²) in [5.74, 6) is 1.43. The Bertz CT molecular complexity index is 483. The first-order valence-electron chi connectivity index (χ1n) is 7.63. The second kappa shape index (κ2) is 8.31. The predicted molar refractivity (Wildman–Crippen MR) is 83.9 cm³/mol. The summed E-state index contributed by atoms with van der Waals surface area (Å²) in [7, 11) is 4.56. The largest absolute Gasteiger partial charge is 0.493 e. The maximum atomic E-state index is 13.1. The van der Waals surface area contributed by atoms with Crippen LogP contribution in [0.5, 0.6) is 17.2 Å². The minimum Gasteiger partial charge on any atom is -0.493 e. The van der Waals surface area contributed by atoms with Crippen LogP contribution in [0.2, 0.25) is 0 Å². The van der Waals surface area contributed by atoms with Gasteiger partial charge in [0.05, 0.1) is 21.3 Å². The monoisotopic (exact) mass is 330 g/mol. The maximum Gasteiger partial charge on any atom is 0.240 e. The third kappa shape index (κ3) is 4.23. The highest BCUT2D eigenvalue weighted by Crippen LogP contribution is 2.41. The van der Waals surface area contributed by atoms with E-state index in [1.54, 1.807) is 12.1 Å². The van der Waals surface area contributed by atoms with Gasteiger partial charge in [-0.2, -0.15) is 0 Å². The average Bonchev–Trinajstić information content (AvgIpc) is 2.58. The molecule has 0 aromatic heterocycles. The van der Waals surface area contributed by atoms with Crippen LogP contribution in [0.1, 0.15) is 18.0 Å². The van der Waals surface area contributed by atoms with Crippen LogP contribution in [0, 0.1) is 0 Å². The van der Waals surface area contributed by atoms with Crippen molar-refractivity contribution in [3.63, 3.8) is 0 Å². The molecule has 0 bridgehead atoms. The normalized spacial score (nSPS) is 17.1. The molecule has 0 aliphatic carbocycles. The fourth-order valence-corrected chi connectivity index (χ4v) is 2.95. The van der Waals surface area contributed by atoms with Crippen LogP contribution in [-0.2, 0) is 0 Å². The molecule has 1 aliphatic rings. The summed E-state index contributed by atoms with van der Waals surface area (Å²) in [5, 5.41) is 3.24. The summed E-state index contributed by atoms with van der Waals surface area (Å²) < 4.78 is 42.2. The zero-order valence-electron chi connectivity index (χ0n) is 13.8. The number of alkyl halides is 2. The quantitative estimate of drug-likeness (QED) is 0.831. The van der Waals surface area contributed by atoms with Crippen molar-refractivity contribution in [3.05, 3.63) is 17.7 Å². The van der Waals surface area contributed by atoms with Crippen LogP contribution in [0.3, 0.4) is 0 Å². The van der Waals surface area contributed by atoms with Gasteiger partial charge in [0.25, 0.3) is 0 Å². The molecule has 130 valence electrons. The number of rotatable bonds is 7. The van der Waals surface area contributed by atoms with Crippen molar-refractivity contribution in [3.8, 4) is 17.2 Å². The molecule has 1 fully saturated rings. The highest BCUT2D eigenvalue weighted by atomic mass is 19.3. The van der Waals surface area contributed by atoms with Gasteiger partial charge < -0.3 is 19.5 Å². The van der Waals surface area contributed by atoms with Gasteiger partial charge in [-0.15, -0.1) is 0 Å². The average molecular weight is 330 g/mol. The Hall–Kier alpha value is -1.60. The van der Waals surface area contributed by atoms with Gasteiger partial charge in [-0.05, 0) is 17.7 Å². The molecule has 0 spiro atoms. The number of ether oxygens (including phenoxy) is 3. The lowest BCUT2D eigenvalue weighted by Gasteiger charge is -2.35. The number of benzene rings is 1. The van der Waals surface area contributed by atoms with E-state index in [0.29, 0.717) is 17.2 Å². The van der Waals surface area contributed by atoms with E-state index >= 15 is 0 Å². The van der Waals surface area contributed by atoms with Crippen molar-refractivity contribution in [2.24, 2.45) is 0 Å². The van der Waals surface area contributed by atoms with Crippen molar-refractivity contribution in [1.29, 1.82) is 0 Å². The summed E-state index contributed by atoms with van der Waals surface area (Å²) in [4.78, 5) is 2.07. The van der Waals surface area contributed by atoms with E-state index < -0.39 is 6.43 Å². The van der Waals surface area contributed by atoms with Crippen LogP contribution < -0.4 is 19.5 Å². The highest BCUT2D eigenvalue weighted by Gasteiger charge is 2.27. The van der Waals surface area contributed by atoms with E-state index in [1.165, 1.54) is 21.3 Å². The topological polar surface area (TPSA) is 43.0 Å². The van der Waals surface area contributed by atoms with Gasteiger partial charge in [0.15, 0.2) is 11.5 Å². The first kappa shape index (κ1) is 17.7. The fraction of sp³-hybridized carbons (Fsp3) is 0.625. The summed E-state index contributed by atoms with van der Waals surface area (Å²) in [5.41, 5.74) is 0.752. The SMILES string of the molecule is COc1cc([C@H](CC(F)F)N2CCNCC2)cc(OC)c1OC. The molecule has 2 rings (SSSR count). The van der Waals surface area contributed by atoms with Crippen molar-refractivity contribution in [1.82, 2.24) is 10.2 Å². The molecule has 1 aromatic rings. The van der Waals surface area contributed by atoms with E-state index in [2.05, 4.69) is 10.2 Å². The van der Waals surface area contributed by atoms with Gasteiger partial charge >= 0.3 is 0 Å². The first-order chi connectivity index (χ1) is 11.1. The lowest BCUT2D eigenvalue weighted by atomic mass is 10.00. The second-order valence-electron chi connectivity index (χ2n) is 5.39. The highest BCUT2D eigenvalue weighted by molar-refractivity contribution is 5.54. The molecule has 0 unspecified atom stereocenters. The van der Waals surface area contributed by atoms with Crippen LogP contribution >= 0.6 is 0 Å². The van der Waals surface area contributed by atoms with Crippen LogP contribution in [-0.4, -0.2) is 58.8 Å². The minimum atomic E-state index is -2.38. The zero-order valence-corrected chi connectivity index (χ0v) is 13.8. The molecule has 0 saturated carbocycles. The molecule has 1 N–H and O–H groups in total. The Morgan fingerprint density at radius 2 is 1.61 bits per heavy atom. The summed E-state index contributed by atoms with van der Waals surface area (Å²) in [6, 6.07) is 3.14. The van der Waals surface area contributed by atoms with Crippen molar-refractivity contribution < 1.29 is 23.0 Å². The van der Waals surface area contributed by atoms with Gasteiger partial charge in [0, 0.05) is 38.6 Å². The van der Waals surface area contributed by atoms with E-state index in [9.17, 15) is 8.78 Å². The number of hydrogen-bond donors (Lipinski definition) is 1. The number of nitrogens with one attached hydrogen (secondary N) is 1. The summed E-state index contributed by atoms with van der Waals surface area (Å²) in [6.45, 7) is 3.05.